The zero-order valence-electron chi connectivity index (χ0n) is 9.67. The monoisotopic (exact) mass is 324 g/mol. The minimum atomic E-state index is -0.390. The van der Waals surface area contributed by atoms with Crippen LogP contribution in [0.4, 0.5) is 0 Å². The molecule has 0 aliphatic carbocycles. The number of hydrogen-bond acceptors (Lipinski definition) is 3. The van der Waals surface area contributed by atoms with E-state index in [2.05, 4.69) is 22.0 Å². The SMILES string of the molecule is OC(Cc1cc(Br)cs1)C1COc2ccccc21. The molecule has 1 aliphatic heterocycles. The number of thiophene rings is 1. The van der Waals surface area contributed by atoms with Crippen LogP contribution in [0.25, 0.3) is 0 Å². The highest BCUT2D eigenvalue weighted by atomic mass is 79.9. The first kappa shape index (κ1) is 12.2. The number of benzene rings is 1. The smallest absolute Gasteiger partial charge is 0.123 e. The summed E-state index contributed by atoms with van der Waals surface area (Å²) in [5.41, 5.74) is 1.13. The van der Waals surface area contributed by atoms with Crippen molar-refractivity contribution in [3.8, 4) is 5.75 Å². The first-order valence-electron chi connectivity index (χ1n) is 5.87. The van der Waals surface area contributed by atoms with Crippen LogP contribution in [0.2, 0.25) is 0 Å². The molecule has 2 atom stereocenters. The molecule has 0 spiro atoms. The quantitative estimate of drug-likeness (QED) is 0.934. The molecule has 0 amide bonds. The maximum atomic E-state index is 10.4. The van der Waals surface area contributed by atoms with E-state index in [9.17, 15) is 5.11 Å². The molecule has 0 radical (unpaired) electrons. The first-order chi connectivity index (χ1) is 8.74. The number of para-hydroxylation sites is 1. The van der Waals surface area contributed by atoms with E-state index >= 15 is 0 Å². The van der Waals surface area contributed by atoms with Crippen molar-refractivity contribution in [1.29, 1.82) is 0 Å². The lowest BCUT2D eigenvalue weighted by Crippen LogP contribution is -2.21. The van der Waals surface area contributed by atoms with Crippen LogP contribution in [0, 0.1) is 0 Å². The van der Waals surface area contributed by atoms with Gasteiger partial charge in [-0.1, -0.05) is 18.2 Å². The molecule has 18 heavy (non-hydrogen) atoms. The Hall–Kier alpha value is -0.840. The molecule has 2 aromatic rings. The molecule has 2 unspecified atom stereocenters. The van der Waals surface area contributed by atoms with Crippen molar-refractivity contribution in [2.75, 3.05) is 6.61 Å². The van der Waals surface area contributed by atoms with Gasteiger partial charge in [0.1, 0.15) is 5.75 Å². The van der Waals surface area contributed by atoms with E-state index in [-0.39, 0.29) is 12.0 Å². The number of fused-ring (bicyclic) bond motifs is 1. The predicted octanol–water partition coefficient (Wildman–Crippen LogP) is 3.59. The van der Waals surface area contributed by atoms with Gasteiger partial charge in [-0.2, -0.15) is 0 Å². The lowest BCUT2D eigenvalue weighted by molar-refractivity contribution is 0.129. The summed E-state index contributed by atoms with van der Waals surface area (Å²) in [6.45, 7) is 0.576. The van der Waals surface area contributed by atoms with Crippen LogP contribution in [-0.2, 0) is 6.42 Å². The van der Waals surface area contributed by atoms with Gasteiger partial charge < -0.3 is 9.84 Å². The second kappa shape index (κ2) is 5.03. The van der Waals surface area contributed by atoms with Crippen molar-refractivity contribution >= 4 is 27.3 Å². The minimum absolute atomic E-state index is 0.0853. The van der Waals surface area contributed by atoms with Crippen molar-refractivity contribution in [3.05, 3.63) is 50.6 Å². The van der Waals surface area contributed by atoms with Crippen LogP contribution in [0.3, 0.4) is 0 Å². The van der Waals surface area contributed by atoms with Crippen molar-refractivity contribution in [2.24, 2.45) is 0 Å². The van der Waals surface area contributed by atoms with Crippen LogP contribution < -0.4 is 4.74 Å². The van der Waals surface area contributed by atoms with Crippen LogP contribution in [0.5, 0.6) is 5.75 Å². The summed E-state index contributed by atoms with van der Waals surface area (Å²) in [5.74, 6) is 0.996. The van der Waals surface area contributed by atoms with Gasteiger partial charge in [-0.3, -0.25) is 0 Å². The Bertz CT molecular complexity index is 552. The summed E-state index contributed by atoms with van der Waals surface area (Å²) in [6, 6.07) is 10.0. The van der Waals surface area contributed by atoms with Crippen LogP contribution in [-0.4, -0.2) is 17.8 Å². The molecule has 2 nitrogen and oxygen atoms in total. The fraction of sp³-hybridized carbons (Fsp3) is 0.286. The summed E-state index contributed by atoms with van der Waals surface area (Å²) >= 11 is 5.11. The molecule has 0 bridgehead atoms. The van der Waals surface area contributed by atoms with E-state index in [1.807, 2.05) is 29.6 Å². The Morgan fingerprint density at radius 2 is 2.28 bits per heavy atom. The molecule has 1 aromatic heterocycles. The fourth-order valence-electron chi connectivity index (χ4n) is 2.32. The first-order valence-corrected chi connectivity index (χ1v) is 7.54. The summed E-state index contributed by atoms with van der Waals surface area (Å²) in [4.78, 5) is 1.19. The molecule has 94 valence electrons. The number of hydrogen-bond donors (Lipinski definition) is 1. The summed E-state index contributed by atoms with van der Waals surface area (Å²) in [6.07, 6.45) is 0.290. The van der Waals surface area contributed by atoms with Crippen molar-refractivity contribution in [1.82, 2.24) is 0 Å². The Balaban J connectivity index is 1.76. The molecule has 4 heteroatoms. The van der Waals surface area contributed by atoms with Gasteiger partial charge in [0.2, 0.25) is 0 Å². The molecule has 1 aromatic carbocycles. The van der Waals surface area contributed by atoms with Crippen molar-refractivity contribution in [2.45, 2.75) is 18.4 Å². The topological polar surface area (TPSA) is 29.5 Å². The van der Waals surface area contributed by atoms with Crippen LogP contribution in [0.1, 0.15) is 16.4 Å². The maximum absolute atomic E-state index is 10.4. The third kappa shape index (κ3) is 2.32. The zero-order chi connectivity index (χ0) is 12.5. The van der Waals surface area contributed by atoms with E-state index in [0.29, 0.717) is 13.0 Å². The zero-order valence-corrected chi connectivity index (χ0v) is 12.1. The van der Waals surface area contributed by atoms with E-state index in [1.165, 1.54) is 4.88 Å². The second-order valence-corrected chi connectivity index (χ2v) is 6.37. The third-order valence-corrected chi connectivity index (χ3v) is 4.95. The largest absolute Gasteiger partial charge is 0.493 e. The number of aliphatic hydroxyl groups excluding tert-OH is 1. The van der Waals surface area contributed by atoms with Gasteiger partial charge in [0.25, 0.3) is 0 Å². The second-order valence-electron chi connectivity index (χ2n) is 4.46. The Kier molecular flexibility index (Phi) is 3.41. The highest BCUT2D eigenvalue weighted by molar-refractivity contribution is 9.10. The average molecular weight is 325 g/mol. The molecular weight excluding hydrogens is 312 g/mol. The highest BCUT2D eigenvalue weighted by Crippen LogP contribution is 2.36. The molecule has 0 fully saturated rings. The van der Waals surface area contributed by atoms with Gasteiger partial charge in [0.05, 0.1) is 12.7 Å². The molecule has 3 rings (SSSR count). The summed E-state index contributed by atoms with van der Waals surface area (Å²) in [7, 11) is 0. The molecule has 0 saturated carbocycles. The molecule has 2 heterocycles. The van der Waals surface area contributed by atoms with Gasteiger partial charge in [-0.05, 0) is 28.1 Å². The lowest BCUT2D eigenvalue weighted by Gasteiger charge is -2.16. The molecule has 1 aliphatic rings. The van der Waals surface area contributed by atoms with E-state index in [1.54, 1.807) is 11.3 Å². The van der Waals surface area contributed by atoms with Crippen LogP contribution in [0.15, 0.2) is 40.2 Å². The Morgan fingerprint density at radius 3 is 3.06 bits per heavy atom. The normalized spacial score (nSPS) is 19.3. The van der Waals surface area contributed by atoms with Gasteiger partial charge >= 0.3 is 0 Å². The number of ether oxygens (including phenoxy) is 1. The lowest BCUT2D eigenvalue weighted by atomic mass is 9.93. The Morgan fingerprint density at radius 1 is 1.44 bits per heavy atom. The average Bonchev–Trinajstić information content (AvgIpc) is 2.95. The predicted molar refractivity (Wildman–Crippen MR) is 76.4 cm³/mol. The van der Waals surface area contributed by atoms with E-state index in [4.69, 9.17) is 4.74 Å². The molecule has 0 saturated heterocycles. The molecular formula is C14H13BrO2S. The molecule has 1 N–H and O–H groups in total. The van der Waals surface area contributed by atoms with Gasteiger partial charge in [-0.25, -0.2) is 0 Å². The van der Waals surface area contributed by atoms with E-state index < -0.39 is 0 Å². The fourth-order valence-corrected chi connectivity index (χ4v) is 3.82. The summed E-state index contributed by atoms with van der Waals surface area (Å²) in [5, 5.41) is 12.4. The van der Waals surface area contributed by atoms with Crippen molar-refractivity contribution in [3.63, 3.8) is 0 Å². The van der Waals surface area contributed by atoms with E-state index in [0.717, 1.165) is 15.8 Å². The van der Waals surface area contributed by atoms with Crippen LogP contribution >= 0.6 is 27.3 Å². The maximum Gasteiger partial charge on any atom is 0.123 e. The van der Waals surface area contributed by atoms with Gasteiger partial charge in [0, 0.05) is 32.6 Å². The number of rotatable bonds is 3. The van der Waals surface area contributed by atoms with Crippen molar-refractivity contribution < 1.29 is 9.84 Å². The standard InChI is InChI=1S/C14H13BrO2S/c15-9-5-10(18-8-9)6-13(16)12-7-17-14-4-2-1-3-11(12)14/h1-5,8,12-13,16H,6-7H2. The van der Waals surface area contributed by atoms with Gasteiger partial charge in [0.15, 0.2) is 0 Å². The number of halogens is 1. The highest BCUT2D eigenvalue weighted by Gasteiger charge is 2.30. The number of aliphatic hydroxyl groups is 1. The third-order valence-electron chi connectivity index (χ3n) is 3.23. The van der Waals surface area contributed by atoms with Gasteiger partial charge in [-0.15, -0.1) is 11.3 Å². The minimum Gasteiger partial charge on any atom is -0.493 e. The Labute approximate surface area is 118 Å². The summed E-state index contributed by atoms with van der Waals surface area (Å²) < 4.78 is 6.69.